The van der Waals surface area contributed by atoms with E-state index >= 15 is 0 Å². The Bertz CT molecular complexity index is 127. The first kappa shape index (κ1) is 6.66. The molecule has 1 spiro atoms. The number of hydrogen-bond acceptors (Lipinski definition) is 1. The molecule has 2 saturated carbocycles. The van der Waals surface area contributed by atoms with Gasteiger partial charge in [0.1, 0.15) is 0 Å². The van der Waals surface area contributed by atoms with E-state index in [9.17, 15) is 0 Å². The van der Waals surface area contributed by atoms with Crippen molar-refractivity contribution < 1.29 is 0 Å². The summed E-state index contributed by atoms with van der Waals surface area (Å²) >= 11 is 0. The van der Waals surface area contributed by atoms with Crippen LogP contribution in [-0.4, -0.2) is 6.54 Å². The quantitative estimate of drug-likeness (QED) is 0.590. The Morgan fingerprint density at radius 2 is 2.00 bits per heavy atom. The molecule has 2 aliphatic carbocycles. The normalized spacial score (nSPS) is 36.3. The van der Waals surface area contributed by atoms with E-state index in [1.165, 1.54) is 38.5 Å². The van der Waals surface area contributed by atoms with Gasteiger partial charge in [0, 0.05) is 0 Å². The summed E-state index contributed by atoms with van der Waals surface area (Å²) in [4.78, 5) is 0. The molecule has 1 heteroatoms. The number of rotatable bonds is 1. The Kier molecular flexibility index (Phi) is 1.48. The highest BCUT2D eigenvalue weighted by atomic mass is 14.6. The number of hydrogen-bond donors (Lipinski definition) is 1. The highest BCUT2D eigenvalue weighted by molar-refractivity contribution is 5.00. The third-order valence-electron chi connectivity index (χ3n) is 3.52. The van der Waals surface area contributed by atoms with Crippen LogP contribution in [0.15, 0.2) is 0 Å². The summed E-state index contributed by atoms with van der Waals surface area (Å²) in [6.07, 6.45) is 8.76. The van der Waals surface area contributed by atoms with Crippen LogP contribution in [0, 0.1) is 11.3 Å². The van der Waals surface area contributed by atoms with E-state index in [0.29, 0.717) is 0 Å². The lowest BCUT2D eigenvalue weighted by molar-refractivity contribution is 0.220. The van der Waals surface area contributed by atoms with Crippen LogP contribution in [0.2, 0.25) is 0 Å². The summed E-state index contributed by atoms with van der Waals surface area (Å²) in [5.41, 5.74) is 6.49. The van der Waals surface area contributed by atoms with Crippen LogP contribution in [0.4, 0.5) is 0 Å². The Morgan fingerprint density at radius 1 is 1.20 bits per heavy atom. The fourth-order valence-corrected chi connectivity index (χ4v) is 2.56. The fourth-order valence-electron chi connectivity index (χ4n) is 2.56. The first-order chi connectivity index (χ1) is 4.87. The average molecular weight is 139 g/mol. The molecule has 2 N–H and O–H groups in total. The topological polar surface area (TPSA) is 26.0 Å². The van der Waals surface area contributed by atoms with Crippen molar-refractivity contribution in [1.29, 1.82) is 0 Å². The second kappa shape index (κ2) is 2.23. The van der Waals surface area contributed by atoms with E-state index in [0.717, 1.165) is 17.9 Å². The van der Waals surface area contributed by atoms with Gasteiger partial charge in [0.15, 0.2) is 0 Å². The Hall–Kier alpha value is -0.0400. The largest absolute Gasteiger partial charge is 0.330 e. The predicted molar refractivity (Wildman–Crippen MR) is 42.7 cm³/mol. The summed E-state index contributed by atoms with van der Waals surface area (Å²) in [5, 5.41) is 0. The van der Waals surface area contributed by atoms with Crippen molar-refractivity contribution in [2.75, 3.05) is 6.54 Å². The third kappa shape index (κ3) is 0.878. The van der Waals surface area contributed by atoms with Crippen LogP contribution in [0.5, 0.6) is 0 Å². The molecule has 1 atom stereocenters. The molecule has 0 amide bonds. The molecular weight excluding hydrogens is 122 g/mol. The molecule has 0 aromatic rings. The summed E-state index contributed by atoms with van der Waals surface area (Å²) in [5.74, 6) is 0.890. The fraction of sp³-hybridized carbons (Fsp3) is 1.00. The highest BCUT2D eigenvalue weighted by Gasteiger charge is 2.48. The monoisotopic (exact) mass is 139 g/mol. The van der Waals surface area contributed by atoms with Crippen molar-refractivity contribution in [3.05, 3.63) is 0 Å². The molecule has 0 radical (unpaired) electrons. The maximum absolute atomic E-state index is 5.72. The van der Waals surface area contributed by atoms with Crippen LogP contribution in [0.3, 0.4) is 0 Å². The maximum atomic E-state index is 5.72. The van der Waals surface area contributed by atoms with E-state index in [2.05, 4.69) is 0 Å². The van der Waals surface area contributed by atoms with Crippen LogP contribution < -0.4 is 5.73 Å². The van der Waals surface area contributed by atoms with Gasteiger partial charge in [-0.25, -0.2) is 0 Å². The molecule has 0 aromatic heterocycles. The average Bonchev–Trinajstić information content (AvgIpc) is 2.71. The molecule has 58 valence electrons. The molecule has 2 aliphatic rings. The third-order valence-corrected chi connectivity index (χ3v) is 3.52. The molecule has 1 unspecified atom stereocenters. The van der Waals surface area contributed by atoms with Gasteiger partial charge in [0.25, 0.3) is 0 Å². The van der Waals surface area contributed by atoms with Crippen LogP contribution in [-0.2, 0) is 0 Å². The molecule has 1 nitrogen and oxygen atoms in total. The second-order valence-electron chi connectivity index (χ2n) is 4.04. The lowest BCUT2D eigenvalue weighted by Gasteiger charge is -2.30. The van der Waals surface area contributed by atoms with E-state index < -0.39 is 0 Å². The zero-order chi connectivity index (χ0) is 7.03. The minimum absolute atomic E-state index is 0.771. The van der Waals surface area contributed by atoms with E-state index in [-0.39, 0.29) is 0 Å². The second-order valence-corrected chi connectivity index (χ2v) is 4.04. The number of nitrogens with two attached hydrogens (primary N) is 1. The van der Waals surface area contributed by atoms with Crippen LogP contribution in [0.25, 0.3) is 0 Å². The zero-order valence-electron chi connectivity index (χ0n) is 6.60. The molecular formula is C9H17N. The van der Waals surface area contributed by atoms with Gasteiger partial charge in [-0.3, -0.25) is 0 Å². The van der Waals surface area contributed by atoms with Gasteiger partial charge in [-0.15, -0.1) is 0 Å². The molecule has 0 heterocycles. The van der Waals surface area contributed by atoms with Gasteiger partial charge < -0.3 is 5.73 Å². The summed E-state index contributed by atoms with van der Waals surface area (Å²) in [7, 11) is 0. The van der Waals surface area contributed by atoms with Gasteiger partial charge in [-0.2, -0.15) is 0 Å². The predicted octanol–water partition coefficient (Wildman–Crippen LogP) is 1.92. The van der Waals surface area contributed by atoms with Crippen molar-refractivity contribution in [3.8, 4) is 0 Å². The van der Waals surface area contributed by atoms with Crippen molar-refractivity contribution in [1.82, 2.24) is 0 Å². The summed E-state index contributed by atoms with van der Waals surface area (Å²) < 4.78 is 0. The maximum Gasteiger partial charge on any atom is -0.00436 e. The molecule has 0 aromatic carbocycles. The molecule has 0 bridgehead atoms. The minimum atomic E-state index is 0.771. The molecule has 0 saturated heterocycles. The van der Waals surface area contributed by atoms with Crippen LogP contribution >= 0.6 is 0 Å². The van der Waals surface area contributed by atoms with Crippen molar-refractivity contribution in [3.63, 3.8) is 0 Å². The molecule has 10 heavy (non-hydrogen) atoms. The van der Waals surface area contributed by atoms with Gasteiger partial charge in [-0.05, 0) is 43.6 Å². The lowest BCUT2D eigenvalue weighted by atomic mass is 9.76. The van der Waals surface area contributed by atoms with E-state index in [1.807, 2.05) is 0 Å². The Morgan fingerprint density at radius 3 is 2.50 bits per heavy atom. The van der Waals surface area contributed by atoms with E-state index in [4.69, 9.17) is 5.73 Å². The van der Waals surface area contributed by atoms with Crippen LogP contribution in [0.1, 0.15) is 38.5 Å². The highest BCUT2D eigenvalue weighted by Crippen LogP contribution is 2.59. The molecule has 2 fully saturated rings. The summed E-state index contributed by atoms with van der Waals surface area (Å²) in [6, 6.07) is 0. The van der Waals surface area contributed by atoms with Gasteiger partial charge >= 0.3 is 0 Å². The zero-order valence-corrected chi connectivity index (χ0v) is 6.60. The first-order valence-corrected chi connectivity index (χ1v) is 4.57. The Labute approximate surface area is 63.0 Å². The molecule has 2 rings (SSSR count). The molecule has 0 aliphatic heterocycles. The Balaban J connectivity index is 2.01. The van der Waals surface area contributed by atoms with Gasteiger partial charge in [0.05, 0.1) is 0 Å². The summed E-state index contributed by atoms with van der Waals surface area (Å²) in [6.45, 7) is 0.944. The van der Waals surface area contributed by atoms with E-state index in [1.54, 1.807) is 0 Å². The SMILES string of the molecule is NCC1CCCCC12CC2. The lowest BCUT2D eigenvalue weighted by Crippen LogP contribution is -2.27. The standard InChI is InChI=1S/C9H17N/c10-7-8-3-1-2-4-9(8)5-6-9/h8H,1-7,10H2. The van der Waals surface area contributed by atoms with Crippen molar-refractivity contribution in [2.45, 2.75) is 38.5 Å². The van der Waals surface area contributed by atoms with Gasteiger partial charge in [-0.1, -0.05) is 12.8 Å². The smallest absolute Gasteiger partial charge is 0.00436 e. The first-order valence-electron chi connectivity index (χ1n) is 4.57. The van der Waals surface area contributed by atoms with Crippen molar-refractivity contribution in [2.24, 2.45) is 17.1 Å². The van der Waals surface area contributed by atoms with Crippen molar-refractivity contribution >= 4 is 0 Å². The minimum Gasteiger partial charge on any atom is -0.330 e. The van der Waals surface area contributed by atoms with Gasteiger partial charge in [0.2, 0.25) is 0 Å².